The number of nitrogens with zero attached hydrogens (tertiary/aromatic N) is 2. The van der Waals surface area contributed by atoms with Crippen LogP contribution < -0.4 is 5.32 Å². The van der Waals surface area contributed by atoms with Crippen LogP contribution in [0.15, 0.2) is 24.3 Å². The zero-order valence-corrected chi connectivity index (χ0v) is 12.2. The maximum Gasteiger partial charge on any atom is 0.162 e. The highest BCUT2D eigenvalue weighted by molar-refractivity contribution is 5.61. The Hall–Kier alpha value is -1.97. The van der Waals surface area contributed by atoms with Gasteiger partial charge in [-0.2, -0.15) is 0 Å². The fraction of sp³-hybridized carbons (Fsp3) is 0.375. The predicted molar refractivity (Wildman–Crippen MR) is 80.3 cm³/mol. The van der Waals surface area contributed by atoms with E-state index in [1.165, 1.54) is 12.1 Å². The Morgan fingerprint density at radius 3 is 2.65 bits per heavy atom. The third kappa shape index (κ3) is 3.32. The largest absolute Gasteiger partial charge is 0.370 e. The molecule has 2 rings (SSSR count). The van der Waals surface area contributed by atoms with Gasteiger partial charge in [-0.3, -0.25) is 0 Å². The van der Waals surface area contributed by atoms with Crippen molar-refractivity contribution >= 4 is 5.82 Å². The average Bonchev–Trinajstić information content (AvgIpc) is 2.47. The molecule has 106 valence electrons. The van der Waals surface area contributed by atoms with Crippen LogP contribution in [0.4, 0.5) is 10.2 Å². The van der Waals surface area contributed by atoms with Crippen molar-refractivity contribution in [3.05, 3.63) is 41.3 Å². The van der Waals surface area contributed by atoms with E-state index >= 15 is 0 Å². The van der Waals surface area contributed by atoms with Gasteiger partial charge in [0.05, 0.1) is 0 Å². The van der Waals surface area contributed by atoms with Gasteiger partial charge in [0.25, 0.3) is 0 Å². The zero-order valence-electron chi connectivity index (χ0n) is 12.2. The Kier molecular flexibility index (Phi) is 4.66. The van der Waals surface area contributed by atoms with Gasteiger partial charge in [0.2, 0.25) is 0 Å². The number of anilines is 1. The van der Waals surface area contributed by atoms with Crippen molar-refractivity contribution in [3.63, 3.8) is 0 Å². The monoisotopic (exact) mass is 273 g/mol. The minimum atomic E-state index is -0.265. The molecule has 0 radical (unpaired) electrons. The van der Waals surface area contributed by atoms with E-state index in [-0.39, 0.29) is 5.82 Å². The standard InChI is InChI=1S/C16H20FN3/c1-4-8-18-15-10-13(5-2)19-16(20-15)14-9-12(17)7-6-11(14)3/h6-7,9-10H,4-5,8H2,1-3H3,(H,18,19,20). The van der Waals surface area contributed by atoms with E-state index in [0.717, 1.165) is 42.0 Å². The Morgan fingerprint density at radius 1 is 1.15 bits per heavy atom. The summed E-state index contributed by atoms with van der Waals surface area (Å²) in [4.78, 5) is 9.02. The molecule has 0 saturated carbocycles. The molecule has 0 aliphatic carbocycles. The lowest BCUT2D eigenvalue weighted by Crippen LogP contribution is -2.05. The number of rotatable bonds is 5. The van der Waals surface area contributed by atoms with Crippen LogP contribution in [0.3, 0.4) is 0 Å². The Morgan fingerprint density at radius 2 is 1.95 bits per heavy atom. The SMILES string of the molecule is CCCNc1cc(CC)nc(-c2cc(F)ccc2C)n1. The molecule has 0 saturated heterocycles. The van der Waals surface area contributed by atoms with E-state index in [1.54, 1.807) is 6.07 Å². The normalized spacial score (nSPS) is 10.6. The van der Waals surface area contributed by atoms with Gasteiger partial charge in [-0.15, -0.1) is 0 Å². The molecule has 0 bridgehead atoms. The highest BCUT2D eigenvalue weighted by Gasteiger charge is 2.09. The third-order valence-corrected chi connectivity index (χ3v) is 3.14. The molecule has 1 aromatic heterocycles. The van der Waals surface area contributed by atoms with Crippen molar-refractivity contribution in [3.8, 4) is 11.4 Å². The van der Waals surface area contributed by atoms with Crippen molar-refractivity contribution in [1.82, 2.24) is 9.97 Å². The van der Waals surface area contributed by atoms with Crippen LogP contribution in [0, 0.1) is 12.7 Å². The minimum Gasteiger partial charge on any atom is -0.370 e. The van der Waals surface area contributed by atoms with Crippen molar-refractivity contribution < 1.29 is 4.39 Å². The molecule has 1 N–H and O–H groups in total. The summed E-state index contributed by atoms with van der Waals surface area (Å²) in [6.45, 7) is 6.96. The summed E-state index contributed by atoms with van der Waals surface area (Å²) >= 11 is 0. The van der Waals surface area contributed by atoms with Gasteiger partial charge >= 0.3 is 0 Å². The first-order chi connectivity index (χ1) is 9.63. The van der Waals surface area contributed by atoms with E-state index in [9.17, 15) is 4.39 Å². The summed E-state index contributed by atoms with van der Waals surface area (Å²) < 4.78 is 13.4. The molecule has 0 spiro atoms. The van der Waals surface area contributed by atoms with E-state index in [0.29, 0.717) is 5.82 Å². The first kappa shape index (κ1) is 14.4. The third-order valence-electron chi connectivity index (χ3n) is 3.14. The maximum atomic E-state index is 13.4. The van der Waals surface area contributed by atoms with Gasteiger partial charge in [0.1, 0.15) is 11.6 Å². The van der Waals surface area contributed by atoms with E-state index in [4.69, 9.17) is 0 Å². The molecule has 4 heteroatoms. The number of hydrogen-bond donors (Lipinski definition) is 1. The van der Waals surface area contributed by atoms with Crippen molar-refractivity contribution in [2.75, 3.05) is 11.9 Å². The lowest BCUT2D eigenvalue weighted by Gasteiger charge is -2.10. The Labute approximate surface area is 119 Å². The van der Waals surface area contributed by atoms with Gasteiger partial charge in [-0.25, -0.2) is 14.4 Å². The topological polar surface area (TPSA) is 37.8 Å². The fourth-order valence-electron chi connectivity index (χ4n) is 1.98. The van der Waals surface area contributed by atoms with E-state index < -0.39 is 0 Å². The second kappa shape index (κ2) is 6.46. The predicted octanol–water partition coefficient (Wildman–Crippen LogP) is 3.98. The Bertz CT molecular complexity index is 596. The first-order valence-electron chi connectivity index (χ1n) is 7.02. The van der Waals surface area contributed by atoms with Crippen LogP contribution in [0.25, 0.3) is 11.4 Å². The summed E-state index contributed by atoms with van der Waals surface area (Å²) in [5.41, 5.74) is 2.68. The van der Waals surface area contributed by atoms with Crippen LogP contribution in [-0.4, -0.2) is 16.5 Å². The number of benzene rings is 1. The molecule has 0 aliphatic heterocycles. The van der Waals surface area contributed by atoms with Gasteiger partial charge in [-0.1, -0.05) is 19.9 Å². The lowest BCUT2D eigenvalue weighted by molar-refractivity contribution is 0.627. The second-order valence-corrected chi connectivity index (χ2v) is 4.81. The maximum absolute atomic E-state index is 13.4. The molecule has 0 aliphatic rings. The molecule has 20 heavy (non-hydrogen) atoms. The van der Waals surface area contributed by atoms with Gasteiger partial charge in [0.15, 0.2) is 5.82 Å². The first-order valence-corrected chi connectivity index (χ1v) is 7.02. The second-order valence-electron chi connectivity index (χ2n) is 4.81. The van der Waals surface area contributed by atoms with Crippen LogP contribution in [0.2, 0.25) is 0 Å². The Balaban J connectivity index is 2.46. The zero-order chi connectivity index (χ0) is 14.5. The van der Waals surface area contributed by atoms with Crippen molar-refractivity contribution in [2.24, 2.45) is 0 Å². The number of aromatic nitrogens is 2. The number of aryl methyl sites for hydroxylation is 2. The van der Waals surface area contributed by atoms with Gasteiger partial charge < -0.3 is 5.32 Å². The smallest absolute Gasteiger partial charge is 0.162 e. The molecule has 0 amide bonds. The fourth-order valence-corrected chi connectivity index (χ4v) is 1.98. The molecule has 3 nitrogen and oxygen atoms in total. The molecule has 0 unspecified atom stereocenters. The molecule has 0 atom stereocenters. The van der Waals surface area contributed by atoms with E-state index in [2.05, 4.69) is 22.2 Å². The average molecular weight is 273 g/mol. The summed E-state index contributed by atoms with van der Waals surface area (Å²) in [6.07, 6.45) is 1.85. The van der Waals surface area contributed by atoms with E-state index in [1.807, 2.05) is 19.9 Å². The summed E-state index contributed by atoms with van der Waals surface area (Å²) in [5, 5.41) is 3.27. The highest BCUT2D eigenvalue weighted by Crippen LogP contribution is 2.23. The summed E-state index contributed by atoms with van der Waals surface area (Å²) in [5.74, 6) is 1.12. The quantitative estimate of drug-likeness (QED) is 0.895. The number of halogens is 1. The van der Waals surface area contributed by atoms with Gasteiger partial charge in [0, 0.05) is 23.9 Å². The minimum absolute atomic E-state index is 0.265. The molecular weight excluding hydrogens is 253 g/mol. The summed E-state index contributed by atoms with van der Waals surface area (Å²) in [6, 6.07) is 6.66. The number of nitrogens with one attached hydrogen (secondary N) is 1. The summed E-state index contributed by atoms with van der Waals surface area (Å²) in [7, 11) is 0. The lowest BCUT2D eigenvalue weighted by atomic mass is 10.1. The molecule has 0 fully saturated rings. The molecule has 1 aromatic carbocycles. The van der Waals surface area contributed by atoms with Crippen LogP contribution in [0.1, 0.15) is 31.5 Å². The van der Waals surface area contributed by atoms with Crippen LogP contribution in [-0.2, 0) is 6.42 Å². The van der Waals surface area contributed by atoms with Crippen LogP contribution in [0.5, 0.6) is 0 Å². The highest BCUT2D eigenvalue weighted by atomic mass is 19.1. The van der Waals surface area contributed by atoms with Crippen LogP contribution >= 0.6 is 0 Å². The molecular formula is C16H20FN3. The van der Waals surface area contributed by atoms with Gasteiger partial charge in [-0.05, 0) is 37.5 Å². The van der Waals surface area contributed by atoms with Crippen molar-refractivity contribution in [2.45, 2.75) is 33.6 Å². The molecule has 2 aromatic rings. The van der Waals surface area contributed by atoms with Crippen molar-refractivity contribution in [1.29, 1.82) is 0 Å². The molecule has 1 heterocycles. The number of hydrogen-bond acceptors (Lipinski definition) is 3.